The molecule has 8 nitrogen and oxygen atoms in total. The van der Waals surface area contributed by atoms with E-state index >= 15 is 0 Å². The molecule has 0 radical (unpaired) electrons. The third-order valence-corrected chi connectivity index (χ3v) is 8.37. The second-order valence-corrected chi connectivity index (χ2v) is 10.4. The van der Waals surface area contributed by atoms with Crippen molar-refractivity contribution in [2.75, 3.05) is 47.5 Å². The number of aromatic nitrogens is 1. The van der Waals surface area contributed by atoms with Gasteiger partial charge < -0.3 is 14.2 Å². The average Bonchev–Trinajstić information content (AvgIpc) is 3.32. The summed E-state index contributed by atoms with van der Waals surface area (Å²) in [4.78, 5) is 7.12. The number of benzene rings is 2. The summed E-state index contributed by atoms with van der Waals surface area (Å²) in [5.41, 5.74) is 1.98. The first-order chi connectivity index (χ1) is 15.9. The van der Waals surface area contributed by atoms with Crippen molar-refractivity contribution in [3.05, 3.63) is 52.9 Å². The van der Waals surface area contributed by atoms with E-state index in [-0.39, 0.29) is 4.90 Å². The smallest absolute Gasteiger partial charge is 0.246 e. The van der Waals surface area contributed by atoms with E-state index in [0.717, 1.165) is 22.0 Å². The number of methoxy groups -OCH3 is 3. The van der Waals surface area contributed by atoms with Gasteiger partial charge in [-0.3, -0.25) is 4.90 Å². The Bertz CT molecular complexity index is 1190. The molecule has 0 N–H and O–H groups in total. The monoisotopic (exact) mass is 489 g/mol. The van der Waals surface area contributed by atoms with Crippen molar-refractivity contribution in [3.8, 4) is 28.5 Å². The third kappa shape index (κ3) is 5.14. The Balaban J connectivity index is 1.40. The molecule has 1 saturated heterocycles. The van der Waals surface area contributed by atoms with Gasteiger partial charge in [-0.1, -0.05) is 0 Å². The van der Waals surface area contributed by atoms with E-state index in [1.165, 1.54) is 24.6 Å². The first-order valence-corrected chi connectivity index (χ1v) is 12.8. The molecule has 1 aromatic heterocycles. The number of hydrogen-bond acceptors (Lipinski definition) is 8. The van der Waals surface area contributed by atoms with E-state index < -0.39 is 10.0 Å². The van der Waals surface area contributed by atoms with E-state index in [1.807, 2.05) is 29.6 Å². The van der Waals surface area contributed by atoms with Crippen LogP contribution in [0.3, 0.4) is 0 Å². The molecular formula is C23H27N3O5S2. The number of thiazole rings is 1. The standard InChI is InChI=1S/C23H27N3O5S2/c1-29-18-6-4-17(5-7-18)20-16-32-23(24-20)15-25-10-12-26(13-11-25)33(27,28)22-14-19(30-2)8-9-21(22)31-3/h4-9,14,16H,10-13,15H2,1-3H3. The molecular weight excluding hydrogens is 462 g/mol. The summed E-state index contributed by atoms with van der Waals surface area (Å²) in [5, 5.41) is 3.05. The second-order valence-electron chi connectivity index (χ2n) is 7.55. The topological polar surface area (TPSA) is 81.2 Å². The van der Waals surface area contributed by atoms with Crippen LogP contribution in [0.2, 0.25) is 0 Å². The van der Waals surface area contributed by atoms with Crippen LogP contribution in [0.5, 0.6) is 17.2 Å². The van der Waals surface area contributed by atoms with Gasteiger partial charge in [0.25, 0.3) is 0 Å². The zero-order chi connectivity index (χ0) is 23.4. The predicted octanol–water partition coefficient (Wildman–Crippen LogP) is 3.34. The number of piperazine rings is 1. The van der Waals surface area contributed by atoms with E-state index in [2.05, 4.69) is 4.90 Å². The largest absolute Gasteiger partial charge is 0.497 e. The van der Waals surface area contributed by atoms with Gasteiger partial charge in [0.05, 0.1) is 33.6 Å². The van der Waals surface area contributed by atoms with Gasteiger partial charge in [0.1, 0.15) is 27.2 Å². The quantitative estimate of drug-likeness (QED) is 0.480. The van der Waals surface area contributed by atoms with Gasteiger partial charge in [0.2, 0.25) is 10.0 Å². The molecule has 1 fully saturated rings. The van der Waals surface area contributed by atoms with Gasteiger partial charge in [-0.25, -0.2) is 13.4 Å². The van der Waals surface area contributed by atoms with Gasteiger partial charge in [-0.15, -0.1) is 11.3 Å². The lowest BCUT2D eigenvalue weighted by molar-refractivity contribution is 0.181. The summed E-state index contributed by atoms with van der Waals surface area (Å²) >= 11 is 1.61. The zero-order valence-corrected chi connectivity index (χ0v) is 20.5. The summed E-state index contributed by atoms with van der Waals surface area (Å²) in [7, 11) is 0.929. The van der Waals surface area contributed by atoms with Crippen molar-refractivity contribution in [1.82, 2.24) is 14.2 Å². The van der Waals surface area contributed by atoms with Crippen LogP contribution in [0.4, 0.5) is 0 Å². The molecule has 0 atom stereocenters. The van der Waals surface area contributed by atoms with Crippen LogP contribution in [0.1, 0.15) is 5.01 Å². The highest BCUT2D eigenvalue weighted by atomic mass is 32.2. The molecule has 0 amide bonds. The number of hydrogen-bond donors (Lipinski definition) is 0. The fraction of sp³-hybridized carbons (Fsp3) is 0.348. The molecule has 0 saturated carbocycles. The SMILES string of the molecule is COc1ccc(-c2csc(CN3CCN(S(=O)(=O)c4cc(OC)ccc4OC)CC3)n2)cc1. The van der Waals surface area contributed by atoms with Crippen molar-refractivity contribution in [2.24, 2.45) is 0 Å². The summed E-state index contributed by atoms with van der Waals surface area (Å²) in [6.45, 7) is 2.75. The van der Waals surface area contributed by atoms with Crippen molar-refractivity contribution >= 4 is 21.4 Å². The minimum absolute atomic E-state index is 0.127. The molecule has 1 aliphatic rings. The molecule has 2 heterocycles. The van der Waals surface area contributed by atoms with Crippen LogP contribution in [-0.4, -0.2) is 70.1 Å². The number of sulfonamides is 1. The Hall–Kier alpha value is -2.66. The maximum atomic E-state index is 13.3. The molecule has 2 aromatic carbocycles. The third-order valence-electron chi connectivity index (χ3n) is 5.62. The molecule has 4 rings (SSSR count). The zero-order valence-electron chi connectivity index (χ0n) is 18.9. The molecule has 3 aromatic rings. The van der Waals surface area contributed by atoms with Crippen molar-refractivity contribution in [1.29, 1.82) is 0 Å². The van der Waals surface area contributed by atoms with E-state index in [0.29, 0.717) is 44.2 Å². The maximum Gasteiger partial charge on any atom is 0.246 e. The minimum atomic E-state index is -3.69. The highest BCUT2D eigenvalue weighted by molar-refractivity contribution is 7.89. The number of ether oxygens (including phenoxy) is 3. The molecule has 0 bridgehead atoms. The average molecular weight is 490 g/mol. The van der Waals surface area contributed by atoms with Crippen LogP contribution in [-0.2, 0) is 16.6 Å². The number of rotatable bonds is 8. The van der Waals surface area contributed by atoms with E-state index in [4.69, 9.17) is 19.2 Å². The van der Waals surface area contributed by atoms with Gasteiger partial charge in [0, 0.05) is 43.2 Å². The lowest BCUT2D eigenvalue weighted by atomic mass is 10.2. The molecule has 1 aliphatic heterocycles. The lowest BCUT2D eigenvalue weighted by Gasteiger charge is -2.33. The first-order valence-electron chi connectivity index (χ1n) is 10.5. The summed E-state index contributed by atoms with van der Waals surface area (Å²) < 4.78 is 43.7. The molecule has 0 unspecified atom stereocenters. The van der Waals surface area contributed by atoms with E-state index in [9.17, 15) is 8.42 Å². The summed E-state index contributed by atoms with van der Waals surface area (Å²) in [6, 6.07) is 12.6. The normalized spacial score (nSPS) is 15.4. The fourth-order valence-electron chi connectivity index (χ4n) is 3.72. The van der Waals surface area contributed by atoms with Gasteiger partial charge >= 0.3 is 0 Å². The minimum Gasteiger partial charge on any atom is -0.497 e. The Morgan fingerprint density at radius 1 is 0.909 bits per heavy atom. The van der Waals surface area contributed by atoms with Gasteiger partial charge in [-0.2, -0.15) is 4.31 Å². The maximum absolute atomic E-state index is 13.3. The highest BCUT2D eigenvalue weighted by Gasteiger charge is 2.31. The van der Waals surface area contributed by atoms with Crippen LogP contribution in [0, 0.1) is 0 Å². The molecule has 0 aliphatic carbocycles. The summed E-state index contributed by atoms with van der Waals surface area (Å²) in [5.74, 6) is 1.60. The van der Waals surface area contributed by atoms with Crippen LogP contribution in [0.25, 0.3) is 11.3 Å². The Morgan fingerprint density at radius 2 is 1.58 bits per heavy atom. The predicted molar refractivity (Wildman–Crippen MR) is 128 cm³/mol. The van der Waals surface area contributed by atoms with Crippen LogP contribution in [0.15, 0.2) is 52.7 Å². The first kappa shape index (κ1) is 23.5. The number of nitrogens with zero attached hydrogens (tertiary/aromatic N) is 3. The van der Waals surface area contributed by atoms with Gasteiger partial charge in [0.15, 0.2) is 0 Å². The second kappa shape index (κ2) is 10.1. The van der Waals surface area contributed by atoms with Crippen LogP contribution < -0.4 is 14.2 Å². The Labute approximate surface area is 198 Å². The van der Waals surface area contributed by atoms with E-state index in [1.54, 1.807) is 30.6 Å². The van der Waals surface area contributed by atoms with Crippen LogP contribution >= 0.6 is 11.3 Å². The molecule has 176 valence electrons. The lowest BCUT2D eigenvalue weighted by Crippen LogP contribution is -2.48. The highest BCUT2D eigenvalue weighted by Crippen LogP contribution is 2.31. The molecule has 0 spiro atoms. The fourth-order valence-corrected chi connectivity index (χ4v) is 6.16. The van der Waals surface area contributed by atoms with Crippen molar-refractivity contribution in [2.45, 2.75) is 11.4 Å². The summed E-state index contributed by atoms with van der Waals surface area (Å²) in [6.07, 6.45) is 0. The van der Waals surface area contributed by atoms with Gasteiger partial charge in [-0.05, 0) is 36.4 Å². The van der Waals surface area contributed by atoms with Crippen molar-refractivity contribution < 1.29 is 22.6 Å². The Kier molecular flexibility index (Phi) is 7.18. The molecule has 33 heavy (non-hydrogen) atoms. The van der Waals surface area contributed by atoms with Crippen molar-refractivity contribution in [3.63, 3.8) is 0 Å². The Morgan fingerprint density at radius 3 is 2.21 bits per heavy atom. The molecule has 10 heteroatoms.